The molecule has 3 rings (SSSR count). The summed E-state index contributed by atoms with van der Waals surface area (Å²) in [6, 6.07) is 8.49. The molecule has 1 N–H and O–H groups in total. The molecule has 1 amide bonds. The number of aromatic nitrogens is 1. The summed E-state index contributed by atoms with van der Waals surface area (Å²) in [5, 5.41) is 14.3. The fourth-order valence-corrected chi connectivity index (χ4v) is 2.85. The van der Waals surface area contributed by atoms with Crippen molar-refractivity contribution < 1.29 is 18.3 Å². The van der Waals surface area contributed by atoms with Crippen molar-refractivity contribution in [2.24, 2.45) is 5.92 Å². The van der Waals surface area contributed by atoms with Crippen LogP contribution in [0.2, 0.25) is 0 Å². The molecule has 0 aliphatic carbocycles. The van der Waals surface area contributed by atoms with Crippen LogP contribution in [0.3, 0.4) is 0 Å². The largest absolute Gasteiger partial charge is 0.618 e. The molecular weight excluding hydrogens is 316 g/mol. The SMILES string of the molecule is O=C(NC[C@H]1CCN(c2ccc(F)c(F)c2)C1)c1cccc[n+]1[O-]. The highest BCUT2D eigenvalue weighted by atomic mass is 19.2. The number of pyridine rings is 1. The number of anilines is 1. The number of carbonyl (C=O) groups is 1. The maximum Gasteiger partial charge on any atom is 0.317 e. The van der Waals surface area contributed by atoms with Crippen molar-refractivity contribution in [3.63, 3.8) is 0 Å². The Morgan fingerprint density at radius 2 is 2.12 bits per heavy atom. The topological polar surface area (TPSA) is 59.3 Å². The van der Waals surface area contributed by atoms with Gasteiger partial charge in [0.15, 0.2) is 17.8 Å². The monoisotopic (exact) mass is 333 g/mol. The van der Waals surface area contributed by atoms with Gasteiger partial charge in [-0.3, -0.25) is 4.79 Å². The van der Waals surface area contributed by atoms with Crippen molar-refractivity contribution in [2.45, 2.75) is 6.42 Å². The highest BCUT2D eigenvalue weighted by Gasteiger charge is 2.25. The third kappa shape index (κ3) is 3.45. The number of benzene rings is 1. The summed E-state index contributed by atoms with van der Waals surface area (Å²) in [7, 11) is 0. The smallest absolute Gasteiger partial charge is 0.317 e. The molecule has 0 spiro atoms. The summed E-state index contributed by atoms with van der Waals surface area (Å²) in [6.45, 7) is 1.77. The van der Waals surface area contributed by atoms with Gasteiger partial charge in [0.25, 0.3) is 5.69 Å². The van der Waals surface area contributed by atoms with Gasteiger partial charge in [-0.2, -0.15) is 4.73 Å². The zero-order chi connectivity index (χ0) is 17.1. The molecule has 0 bridgehead atoms. The molecule has 1 saturated heterocycles. The van der Waals surface area contributed by atoms with Crippen molar-refractivity contribution in [3.8, 4) is 0 Å². The molecule has 126 valence electrons. The van der Waals surface area contributed by atoms with Crippen LogP contribution >= 0.6 is 0 Å². The van der Waals surface area contributed by atoms with Crippen molar-refractivity contribution in [1.82, 2.24) is 5.32 Å². The Labute approximate surface area is 138 Å². The lowest BCUT2D eigenvalue weighted by Gasteiger charge is -2.19. The van der Waals surface area contributed by atoms with E-state index in [0.29, 0.717) is 30.1 Å². The van der Waals surface area contributed by atoms with E-state index in [1.54, 1.807) is 18.2 Å². The Kier molecular flexibility index (Phi) is 4.59. The van der Waals surface area contributed by atoms with E-state index in [1.807, 2.05) is 4.90 Å². The van der Waals surface area contributed by atoms with Gasteiger partial charge >= 0.3 is 5.91 Å². The zero-order valence-corrected chi connectivity index (χ0v) is 12.9. The molecule has 1 aliphatic rings. The van der Waals surface area contributed by atoms with Gasteiger partial charge in [-0.25, -0.2) is 8.78 Å². The molecule has 1 aromatic carbocycles. The van der Waals surface area contributed by atoms with E-state index in [0.717, 1.165) is 12.5 Å². The second-order valence-corrected chi connectivity index (χ2v) is 5.82. The first kappa shape index (κ1) is 16.2. The second-order valence-electron chi connectivity index (χ2n) is 5.82. The van der Waals surface area contributed by atoms with Gasteiger partial charge in [-0.1, -0.05) is 0 Å². The van der Waals surface area contributed by atoms with Gasteiger partial charge in [0.2, 0.25) is 0 Å². The van der Waals surface area contributed by atoms with Crippen LogP contribution in [0, 0.1) is 22.8 Å². The third-order valence-corrected chi connectivity index (χ3v) is 4.16. The van der Waals surface area contributed by atoms with Crippen LogP contribution in [0.1, 0.15) is 16.9 Å². The van der Waals surface area contributed by atoms with E-state index < -0.39 is 17.5 Å². The van der Waals surface area contributed by atoms with Gasteiger partial charge in [0, 0.05) is 43.5 Å². The van der Waals surface area contributed by atoms with Crippen molar-refractivity contribution >= 4 is 11.6 Å². The van der Waals surface area contributed by atoms with E-state index in [-0.39, 0.29) is 11.6 Å². The predicted octanol–water partition coefficient (Wildman–Crippen LogP) is 1.85. The lowest BCUT2D eigenvalue weighted by molar-refractivity contribution is -0.607. The average molecular weight is 333 g/mol. The molecule has 0 radical (unpaired) electrons. The van der Waals surface area contributed by atoms with Gasteiger partial charge in [0.1, 0.15) is 0 Å². The molecule has 1 atom stereocenters. The summed E-state index contributed by atoms with van der Waals surface area (Å²) in [6.07, 6.45) is 2.10. The zero-order valence-electron chi connectivity index (χ0n) is 12.9. The summed E-state index contributed by atoms with van der Waals surface area (Å²) < 4.78 is 26.8. The fourth-order valence-electron chi connectivity index (χ4n) is 2.85. The van der Waals surface area contributed by atoms with Gasteiger partial charge in [-0.15, -0.1) is 0 Å². The predicted molar refractivity (Wildman–Crippen MR) is 84.4 cm³/mol. The van der Waals surface area contributed by atoms with E-state index >= 15 is 0 Å². The number of hydrogen-bond donors (Lipinski definition) is 1. The van der Waals surface area contributed by atoms with Crippen LogP contribution in [0.5, 0.6) is 0 Å². The molecule has 7 heteroatoms. The molecule has 0 saturated carbocycles. The van der Waals surface area contributed by atoms with Crippen LogP contribution in [-0.2, 0) is 0 Å². The summed E-state index contributed by atoms with van der Waals surface area (Å²) in [4.78, 5) is 14.0. The number of nitrogens with zero attached hydrogens (tertiary/aromatic N) is 2. The van der Waals surface area contributed by atoms with Gasteiger partial charge < -0.3 is 15.4 Å². The molecule has 24 heavy (non-hydrogen) atoms. The number of halogens is 2. The lowest BCUT2D eigenvalue weighted by atomic mass is 10.1. The number of rotatable bonds is 4. The first-order chi connectivity index (χ1) is 11.5. The Morgan fingerprint density at radius 3 is 2.88 bits per heavy atom. The minimum absolute atomic E-state index is 0.0490. The number of amides is 1. The van der Waals surface area contributed by atoms with Crippen LogP contribution in [-0.4, -0.2) is 25.5 Å². The molecule has 2 aromatic rings. The van der Waals surface area contributed by atoms with E-state index in [1.165, 1.54) is 18.3 Å². The maximum absolute atomic E-state index is 13.3. The molecule has 0 unspecified atom stereocenters. The third-order valence-electron chi connectivity index (χ3n) is 4.16. The summed E-state index contributed by atoms with van der Waals surface area (Å²) in [5.41, 5.74) is 0.677. The number of hydrogen-bond acceptors (Lipinski definition) is 3. The molecule has 5 nitrogen and oxygen atoms in total. The summed E-state index contributed by atoms with van der Waals surface area (Å²) in [5.74, 6) is -1.97. The first-order valence-corrected chi connectivity index (χ1v) is 7.71. The standard InChI is InChI=1S/C17H17F2N3O2/c18-14-5-4-13(9-15(14)19)21-8-6-12(11-21)10-20-17(23)16-3-1-2-7-22(16)24/h1-5,7,9,12H,6,8,10-11H2,(H,20,23)/t12-/m1/s1. The van der Waals surface area contributed by atoms with Crippen molar-refractivity contribution in [2.75, 3.05) is 24.5 Å². The Morgan fingerprint density at radius 1 is 1.29 bits per heavy atom. The van der Waals surface area contributed by atoms with Crippen LogP contribution in [0.4, 0.5) is 14.5 Å². The maximum atomic E-state index is 13.3. The Bertz CT molecular complexity index is 754. The molecule has 2 heterocycles. The molecule has 1 fully saturated rings. The van der Waals surface area contributed by atoms with Crippen molar-refractivity contribution in [1.29, 1.82) is 0 Å². The van der Waals surface area contributed by atoms with E-state index in [2.05, 4.69) is 5.32 Å². The lowest BCUT2D eigenvalue weighted by Crippen LogP contribution is -2.40. The van der Waals surface area contributed by atoms with Crippen molar-refractivity contribution in [3.05, 3.63) is 65.1 Å². The average Bonchev–Trinajstić information content (AvgIpc) is 3.04. The van der Waals surface area contributed by atoms with Crippen LogP contribution in [0.15, 0.2) is 42.6 Å². The van der Waals surface area contributed by atoms with Gasteiger partial charge in [-0.05, 0) is 30.5 Å². The quantitative estimate of drug-likeness (QED) is 0.686. The highest BCUT2D eigenvalue weighted by molar-refractivity contribution is 5.90. The number of nitrogens with one attached hydrogen (secondary N) is 1. The molecule has 1 aliphatic heterocycles. The van der Waals surface area contributed by atoms with E-state index in [4.69, 9.17) is 0 Å². The minimum atomic E-state index is -0.867. The first-order valence-electron chi connectivity index (χ1n) is 7.71. The molecule has 1 aromatic heterocycles. The highest BCUT2D eigenvalue weighted by Crippen LogP contribution is 2.25. The van der Waals surface area contributed by atoms with Crippen LogP contribution in [0.25, 0.3) is 0 Å². The second kappa shape index (κ2) is 6.82. The Balaban J connectivity index is 1.56. The fraction of sp³-hybridized carbons (Fsp3) is 0.294. The van der Waals surface area contributed by atoms with Crippen LogP contribution < -0.4 is 14.9 Å². The molecular formula is C17H17F2N3O2. The van der Waals surface area contributed by atoms with Gasteiger partial charge in [0.05, 0.1) is 0 Å². The summed E-state index contributed by atoms with van der Waals surface area (Å²) >= 11 is 0. The Hall–Kier alpha value is -2.70. The normalized spacial score (nSPS) is 17.1. The van der Waals surface area contributed by atoms with E-state index in [9.17, 15) is 18.8 Å². The minimum Gasteiger partial charge on any atom is -0.618 e. The number of carbonyl (C=O) groups excluding carboxylic acids is 1.